The van der Waals surface area contributed by atoms with Crippen LogP contribution in [0.1, 0.15) is 30.7 Å². The molecule has 0 saturated carbocycles. The fraction of sp³-hybridized carbons (Fsp3) is 0.538. The van der Waals surface area contributed by atoms with Crippen molar-refractivity contribution >= 4 is 29.0 Å². The van der Waals surface area contributed by atoms with Gasteiger partial charge in [-0.05, 0) is 33.3 Å². The Kier molecular flexibility index (Phi) is 5.38. The molecule has 0 spiro atoms. The normalized spacial score (nSPS) is 10.5. The van der Waals surface area contributed by atoms with E-state index < -0.39 is 0 Å². The number of hydrogen-bond acceptors (Lipinski definition) is 6. The second kappa shape index (κ2) is 6.60. The number of rotatable bonds is 5. The van der Waals surface area contributed by atoms with Crippen LogP contribution in [0.15, 0.2) is 0 Å². The monoisotopic (exact) mass is 296 g/mol. The topological polar surface area (TPSA) is 81.3 Å². The maximum atomic E-state index is 11.6. The first-order valence-electron chi connectivity index (χ1n) is 6.26. The van der Waals surface area contributed by atoms with Gasteiger partial charge in [0.25, 0.3) is 0 Å². The number of carbonyl (C=O) groups is 1. The number of thiocarbonyl (C=S) groups is 1. The average molecular weight is 296 g/mol. The van der Waals surface area contributed by atoms with E-state index in [0.29, 0.717) is 11.4 Å². The summed E-state index contributed by atoms with van der Waals surface area (Å²) in [4.78, 5) is 13.6. The molecule has 1 aromatic rings. The van der Waals surface area contributed by atoms with Gasteiger partial charge >= 0.3 is 5.97 Å². The SMILES string of the molecule is COC(=O)CN(c1nnc(C)c(C)c1C(N)=S)C(C)C. The number of nitrogens with zero attached hydrogens (tertiary/aromatic N) is 3. The van der Waals surface area contributed by atoms with E-state index in [2.05, 4.69) is 10.2 Å². The minimum atomic E-state index is -0.354. The van der Waals surface area contributed by atoms with E-state index in [1.165, 1.54) is 7.11 Å². The summed E-state index contributed by atoms with van der Waals surface area (Å²) in [6.45, 7) is 7.69. The molecule has 0 atom stereocenters. The lowest BCUT2D eigenvalue weighted by Gasteiger charge is -2.28. The molecule has 1 rings (SSSR count). The number of anilines is 1. The molecule has 0 fully saturated rings. The lowest BCUT2D eigenvalue weighted by Crippen LogP contribution is -2.38. The zero-order valence-electron chi connectivity index (χ0n) is 12.4. The molecule has 1 heterocycles. The fourth-order valence-electron chi connectivity index (χ4n) is 1.80. The Bertz CT molecular complexity index is 531. The number of hydrogen-bond donors (Lipinski definition) is 1. The van der Waals surface area contributed by atoms with Crippen LogP contribution in [0, 0.1) is 13.8 Å². The third-order valence-electron chi connectivity index (χ3n) is 3.10. The highest BCUT2D eigenvalue weighted by Crippen LogP contribution is 2.23. The van der Waals surface area contributed by atoms with Crippen LogP contribution in [0.4, 0.5) is 5.82 Å². The van der Waals surface area contributed by atoms with Crippen LogP contribution in [0.25, 0.3) is 0 Å². The van der Waals surface area contributed by atoms with Crippen LogP contribution in [0.2, 0.25) is 0 Å². The Balaban J connectivity index is 3.37. The van der Waals surface area contributed by atoms with Gasteiger partial charge in [-0.15, -0.1) is 5.10 Å². The van der Waals surface area contributed by atoms with E-state index in [4.69, 9.17) is 22.7 Å². The highest BCUT2D eigenvalue weighted by molar-refractivity contribution is 7.80. The van der Waals surface area contributed by atoms with Crippen molar-refractivity contribution in [2.24, 2.45) is 5.73 Å². The third-order valence-corrected chi connectivity index (χ3v) is 3.31. The zero-order chi connectivity index (χ0) is 15.4. The van der Waals surface area contributed by atoms with Gasteiger partial charge in [0.05, 0.1) is 18.4 Å². The van der Waals surface area contributed by atoms with Crippen molar-refractivity contribution < 1.29 is 9.53 Å². The molecule has 6 nitrogen and oxygen atoms in total. The Morgan fingerprint density at radius 3 is 2.45 bits per heavy atom. The van der Waals surface area contributed by atoms with E-state index >= 15 is 0 Å². The summed E-state index contributed by atoms with van der Waals surface area (Å²) in [5.74, 6) is 0.161. The zero-order valence-corrected chi connectivity index (χ0v) is 13.2. The predicted octanol–water partition coefficient (Wildman–Crippen LogP) is 1.12. The minimum absolute atomic E-state index is 0.0265. The summed E-state index contributed by atoms with van der Waals surface area (Å²) in [5, 5.41) is 8.27. The maximum absolute atomic E-state index is 11.6. The van der Waals surface area contributed by atoms with Crippen LogP contribution in [0.5, 0.6) is 0 Å². The van der Waals surface area contributed by atoms with Crippen LogP contribution < -0.4 is 10.6 Å². The molecule has 0 saturated heterocycles. The van der Waals surface area contributed by atoms with Gasteiger partial charge in [0.1, 0.15) is 11.5 Å². The molecule has 0 aliphatic carbocycles. The van der Waals surface area contributed by atoms with E-state index in [1.54, 1.807) is 4.90 Å². The molecule has 1 aromatic heterocycles. The Labute approximate surface area is 124 Å². The van der Waals surface area contributed by atoms with Crippen molar-refractivity contribution in [1.82, 2.24) is 10.2 Å². The smallest absolute Gasteiger partial charge is 0.325 e. The molecular formula is C13H20N4O2S. The van der Waals surface area contributed by atoms with Crippen molar-refractivity contribution in [2.75, 3.05) is 18.6 Å². The number of carbonyl (C=O) groups excluding carboxylic acids is 1. The molecule has 0 aliphatic rings. The second-order valence-electron chi connectivity index (χ2n) is 4.77. The molecule has 110 valence electrons. The van der Waals surface area contributed by atoms with Gasteiger partial charge in [0.2, 0.25) is 0 Å². The van der Waals surface area contributed by atoms with E-state index in [1.807, 2.05) is 27.7 Å². The van der Waals surface area contributed by atoms with E-state index in [9.17, 15) is 4.79 Å². The molecular weight excluding hydrogens is 276 g/mol. The fourth-order valence-corrected chi connectivity index (χ4v) is 2.04. The van der Waals surface area contributed by atoms with Crippen molar-refractivity contribution in [2.45, 2.75) is 33.7 Å². The first-order chi connectivity index (χ1) is 9.29. The van der Waals surface area contributed by atoms with Gasteiger partial charge in [0.15, 0.2) is 5.82 Å². The van der Waals surface area contributed by atoms with Crippen molar-refractivity contribution in [3.05, 3.63) is 16.8 Å². The van der Waals surface area contributed by atoms with Crippen LogP contribution in [0.3, 0.4) is 0 Å². The molecule has 2 N–H and O–H groups in total. The molecule has 0 aliphatic heterocycles. The lowest BCUT2D eigenvalue weighted by atomic mass is 10.1. The summed E-state index contributed by atoms with van der Waals surface area (Å²) >= 11 is 5.11. The quantitative estimate of drug-likeness (QED) is 0.644. The summed E-state index contributed by atoms with van der Waals surface area (Å²) < 4.78 is 4.71. The Hall–Kier alpha value is -1.76. The number of aromatic nitrogens is 2. The molecule has 0 unspecified atom stereocenters. The number of nitrogens with two attached hydrogens (primary N) is 1. The predicted molar refractivity (Wildman–Crippen MR) is 81.9 cm³/mol. The number of esters is 1. The van der Waals surface area contributed by atoms with Crippen LogP contribution >= 0.6 is 12.2 Å². The molecule has 0 radical (unpaired) electrons. The third kappa shape index (κ3) is 3.41. The van der Waals surface area contributed by atoms with Gasteiger partial charge in [-0.25, -0.2) is 0 Å². The summed E-state index contributed by atoms with van der Waals surface area (Å²) in [6, 6.07) is 0.0265. The Morgan fingerprint density at radius 2 is 2.00 bits per heavy atom. The van der Waals surface area contributed by atoms with Crippen molar-refractivity contribution in [3.63, 3.8) is 0 Å². The van der Waals surface area contributed by atoms with Crippen LogP contribution in [-0.2, 0) is 9.53 Å². The Morgan fingerprint density at radius 1 is 1.40 bits per heavy atom. The van der Waals surface area contributed by atoms with Gasteiger partial charge in [-0.1, -0.05) is 12.2 Å². The van der Waals surface area contributed by atoms with Gasteiger partial charge in [-0.3, -0.25) is 4.79 Å². The van der Waals surface area contributed by atoms with Crippen LogP contribution in [-0.4, -0.2) is 40.9 Å². The van der Waals surface area contributed by atoms with Crippen molar-refractivity contribution in [3.8, 4) is 0 Å². The highest BCUT2D eigenvalue weighted by atomic mass is 32.1. The van der Waals surface area contributed by atoms with Gasteiger partial charge in [0, 0.05) is 6.04 Å². The summed E-state index contributed by atoms with van der Waals surface area (Å²) in [7, 11) is 1.35. The lowest BCUT2D eigenvalue weighted by molar-refractivity contribution is -0.139. The molecule has 0 bridgehead atoms. The minimum Gasteiger partial charge on any atom is -0.468 e. The number of ether oxygens (including phenoxy) is 1. The van der Waals surface area contributed by atoms with Crippen molar-refractivity contribution in [1.29, 1.82) is 0 Å². The molecule has 0 aromatic carbocycles. The first kappa shape index (κ1) is 16.3. The maximum Gasteiger partial charge on any atom is 0.325 e. The van der Waals surface area contributed by atoms with Gasteiger partial charge in [-0.2, -0.15) is 5.10 Å². The largest absolute Gasteiger partial charge is 0.468 e. The van der Waals surface area contributed by atoms with E-state index in [-0.39, 0.29) is 23.5 Å². The van der Waals surface area contributed by atoms with Gasteiger partial charge < -0.3 is 15.4 Å². The first-order valence-corrected chi connectivity index (χ1v) is 6.67. The summed E-state index contributed by atoms with van der Waals surface area (Å²) in [5.41, 5.74) is 8.10. The molecule has 7 heteroatoms. The summed E-state index contributed by atoms with van der Waals surface area (Å²) in [6.07, 6.45) is 0. The standard InChI is InChI=1S/C13H20N4O2S/c1-7(2)17(6-10(18)19-5)13-11(12(14)20)8(3)9(4)15-16-13/h7H,6H2,1-5H3,(H2,14,20). The highest BCUT2D eigenvalue weighted by Gasteiger charge is 2.23. The number of methoxy groups -OCH3 is 1. The molecule has 20 heavy (non-hydrogen) atoms. The van der Waals surface area contributed by atoms with E-state index in [0.717, 1.165) is 11.3 Å². The average Bonchev–Trinajstić information content (AvgIpc) is 2.38. The molecule has 0 amide bonds. The second-order valence-corrected chi connectivity index (χ2v) is 5.21. The number of aryl methyl sites for hydroxylation is 1.